The standard InChI is InChI=1S/C11H13F2NO2/c1-15-7-3-4-9(16-2)8(5-7)10(14)6-11(10,12)13/h3-5H,6,14H2,1-2H3. The molecule has 1 aliphatic carbocycles. The Kier molecular flexibility index (Phi) is 2.31. The molecule has 0 saturated heterocycles. The molecule has 1 saturated carbocycles. The van der Waals surface area contributed by atoms with E-state index in [-0.39, 0.29) is 6.42 Å². The molecule has 2 rings (SSSR count). The lowest BCUT2D eigenvalue weighted by Crippen LogP contribution is -2.27. The van der Waals surface area contributed by atoms with Gasteiger partial charge < -0.3 is 15.2 Å². The average molecular weight is 229 g/mol. The van der Waals surface area contributed by atoms with Gasteiger partial charge in [0.15, 0.2) is 0 Å². The highest BCUT2D eigenvalue weighted by molar-refractivity contribution is 5.49. The van der Waals surface area contributed by atoms with Gasteiger partial charge in [0, 0.05) is 12.0 Å². The molecule has 1 fully saturated rings. The molecule has 0 bridgehead atoms. The van der Waals surface area contributed by atoms with E-state index in [1.54, 1.807) is 12.1 Å². The van der Waals surface area contributed by atoms with E-state index < -0.39 is 11.5 Å². The van der Waals surface area contributed by atoms with E-state index in [4.69, 9.17) is 15.2 Å². The maximum atomic E-state index is 13.2. The zero-order chi connectivity index (χ0) is 12.0. The molecule has 16 heavy (non-hydrogen) atoms. The number of benzene rings is 1. The minimum absolute atomic E-state index is 0.291. The van der Waals surface area contributed by atoms with Gasteiger partial charge >= 0.3 is 0 Å². The highest BCUT2D eigenvalue weighted by Gasteiger charge is 2.70. The number of methoxy groups -OCH3 is 2. The van der Waals surface area contributed by atoms with Gasteiger partial charge in [-0.3, -0.25) is 0 Å². The molecule has 1 atom stereocenters. The molecule has 0 aromatic heterocycles. The SMILES string of the molecule is COc1ccc(OC)c(C2(N)CC2(F)F)c1. The lowest BCUT2D eigenvalue weighted by Gasteiger charge is -2.16. The monoisotopic (exact) mass is 229 g/mol. The summed E-state index contributed by atoms with van der Waals surface area (Å²) >= 11 is 0. The molecule has 0 aliphatic heterocycles. The van der Waals surface area contributed by atoms with Crippen LogP contribution in [-0.2, 0) is 5.54 Å². The van der Waals surface area contributed by atoms with Crippen LogP contribution in [0, 0.1) is 0 Å². The number of hydrogen-bond acceptors (Lipinski definition) is 3. The molecule has 1 aliphatic rings. The second kappa shape index (κ2) is 3.31. The van der Waals surface area contributed by atoms with Crippen molar-refractivity contribution in [2.45, 2.75) is 17.9 Å². The predicted molar refractivity (Wildman–Crippen MR) is 55.0 cm³/mol. The summed E-state index contributed by atoms with van der Waals surface area (Å²) in [5.74, 6) is -2.02. The Balaban J connectivity index is 2.47. The van der Waals surface area contributed by atoms with Crippen molar-refractivity contribution in [1.82, 2.24) is 0 Å². The fraction of sp³-hybridized carbons (Fsp3) is 0.455. The van der Waals surface area contributed by atoms with Gasteiger partial charge in [-0.1, -0.05) is 0 Å². The van der Waals surface area contributed by atoms with E-state index in [0.717, 1.165) is 0 Å². The molecule has 88 valence electrons. The van der Waals surface area contributed by atoms with Crippen molar-refractivity contribution in [2.24, 2.45) is 5.73 Å². The highest BCUT2D eigenvalue weighted by atomic mass is 19.3. The highest BCUT2D eigenvalue weighted by Crippen LogP contribution is 2.59. The first-order chi connectivity index (χ1) is 7.44. The smallest absolute Gasteiger partial charge is 0.272 e. The third-order valence-corrected chi connectivity index (χ3v) is 2.92. The molecular weight excluding hydrogens is 216 g/mol. The Morgan fingerprint density at radius 2 is 1.88 bits per heavy atom. The third kappa shape index (κ3) is 1.43. The molecule has 0 spiro atoms. The molecule has 0 amide bonds. The van der Waals surface area contributed by atoms with Gasteiger partial charge in [0.1, 0.15) is 17.0 Å². The van der Waals surface area contributed by atoms with Gasteiger partial charge in [-0.2, -0.15) is 0 Å². The minimum atomic E-state index is -2.87. The summed E-state index contributed by atoms with van der Waals surface area (Å²) in [6.45, 7) is 0. The summed E-state index contributed by atoms with van der Waals surface area (Å²) in [7, 11) is 2.90. The summed E-state index contributed by atoms with van der Waals surface area (Å²) in [6.07, 6.45) is -0.358. The van der Waals surface area contributed by atoms with Crippen LogP contribution in [0.25, 0.3) is 0 Å². The van der Waals surface area contributed by atoms with Crippen LogP contribution in [0.5, 0.6) is 11.5 Å². The van der Waals surface area contributed by atoms with Crippen LogP contribution in [0.4, 0.5) is 8.78 Å². The maximum Gasteiger partial charge on any atom is 0.272 e. The van der Waals surface area contributed by atoms with E-state index in [0.29, 0.717) is 17.1 Å². The predicted octanol–water partition coefficient (Wildman–Crippen LogP) is 1.90. The van der Waals surface area contributed by atoms with E-state index in [1.165, 1.54) is 20.3 Å². The lowest BCUT2D eigenvalue weighted by atomic mass is 10.0. The number of alkyl halides is 2. The molecular formula is C11H13F2NO2. The Morgan fingerprint density at radius 1 is 1.25 bits per heavy atom. The van der Waals surface area contributed by atoms with Crippen molar-refractivity contribution in [2.75, 3.05) is 14.2 Å². The van der Waals surface area contributed by atoms with Crippen molar-refractivity contribution in [3.63, 3.8) is 0 Å². The normalized spacial score (nSPS) is 26.3. The van der Waals surface area contributed by atoms with Gasteiger partial charge in [0.05, 0.1) is 14.2 Å². The summed E-state index contributed by atoms with van der Waals surface area (Å²) in [5.41, 5.74) is 4.33. The van der Waals surface area contributed by atoms with E-state index >= 15 is 0 Å². The molecule has 3 nitrogen and oxygen atoms in total. The van der Waals surface area contributed by atoms with Gasteiger partial charge in [-0.15, -0.1) is 0 Å². The van der Waals surface area contributed by atoms with Crippen molar-refractivity contribution in [1.29, 1.82) is 0 Å². The largest absolute Gasteiger partial charge is 0.497 e. The van der Waals surface area contributed by atoms with Gasteiger partial charge in [-0.05, 0) is 18.2 Å². The van der Waals surface area contributed by atoms with Crippen LogP contribution in [0.2, 0.25) is 0 Å². The maximum absolute atomic E-state index is 13.2. The fourth-order valence-corrected chi connectivity index (χ4v) is 1.76. The molecule has 0 heterocycles. The average Bonchev–Trinajstić information content (AvgIpc) is 2.78. The number of rotatable bonds is 3. The Labute approximate surface area is 92.1 Å². The van der Waals surface area contributed by atoms with Gasteiger partial charge in [-0.25, -0.2) is 8.78 Å². The molecule has 1 aromatic carbocycles. The molecule has 1 aromatic rings. The number of halogens is 2. The Morgan fingerprint density at radius 3 is 2.31 bits per heavy atom. The molecule has 5 heteroatoms. The van der Waals surface area contributed by atoms with Crippen molar-refractivity contribution in [3.05, 3.63) is 23.8 Å². The number of nitrogens with two attached hydrogens (primary N) is 1. The molecule has 0 radical (unpaired) electrons. The topological polar surface area (TPSA) is 44.5 Å². The second-order valence-electron chi connectivity index (χ2n) is 3.92. The quantitative estimate of drug-likeness (QED) is 0.860. The summed E-state index contributed by atoms with van der Waals surface area (Å²) in [6, 6.07) is 4.73. The second-order valence-corrected chi connectivity index (χ2v) is 3.92. The van der Waals surface area contributed by atoms with Crippen molar-refractivity contribution >= 4 is 0 Å². The summed E-state index contributed by atoms with van der Waals surface area (Å²) < 4.78 is 36.4. The zero-order valence-corrected chi connectivity index (χ0v) is 9.09. The van der Waals surface area contributed by atoms with E-state index in [2.05, 4.69) is 0 Å². The van der Waals surface area contributed by atoms with Gasteiger partial charge in [0.25, 0.3) is 5.92 Å². The van der Waals surface area contributed by atoms with Crippen molar-refractivity contribution in [3.8, 4) is 11.5 Å². The van der Waals surface area contributed by atoms with Crippen LogP contribution in [0.3, 0.4) is 0 Å². The summed E-state index contributed by atoms with van der Waals surface area (Å²) in [4.78, 5) is 0. The molecule has 2 N–H and O–H groups in total. The minimum Gasteiger partial charge on any atom is -0.497 e. The van der Waals surface area contributed by atoms with Gasteiger partial charge in [0.2, 0.25) is 0 Å². The Hall–Kier alpha value is -1.36. The van der Waals surface area contributed by atoms with Crippen molar-refractivity contribution < 1.29 is 18.3 Å². The number of ether oxygens (including phenoxy) is 2. The number of hydrogen-bond donors (Lipinski definition) is 1. The third-order valence-electron chi connectivity index (χ3n) is 2.92. The van der Waals surface area contributed by atoms with Crippen LogP contribution < -0.4 is 15.2 Å². The first-order valence-electron chi connectivity index (χ1n) is 4.84. The van der Waals surface area contributed by atoms with Crippen LogP contribution in [0.1, 0.15) is 12.0 Å². The molecule has 1 unspecified atom stereocenters. The Bertz CT molecular complexity index is 422. The first-order valence-corrected chi connectivity index (χ1v) is 4.84. The van der Waals surface area contributed by atoms with E-state index in [9.17, 15) is 8.78 Å². The summed E-state index contributed by atoms with van der Waals surface area (Å²) in [5, 5.41) is 0. The van der Waals surface area contributed by atoms with Crippen LogP contribution in [0.15, 0.2) is 18.2 Å². The van der Waals surface area contributed by atoms with Crippen LogP contribution >= 0.6 is 0 Å². The first kappa shape index (κ1) is 11.1. The van der Waals surface area contributed by atoms with E-state index in [1.807, 2.05) is 0 Å². The lowest BCUT2D eigenvalue weighted by molar-refractivity contribution is 0.0883. The fourth-order valence-electron chi connectivity index (χ4n) is 1.76. The zero-order valence-electron chi connectivity index (χ0n) is 9.09. The van der Waals surface area contributed by atoms with Crippen LogP contribution in [-0.4, -0.2) is 20.1 Å².